The Bertz CT molecular complexity index is 536. The summed E-state index contributed by atoms with van der Waals surface area (Å²) in [5.74, 6) is 1.34. The van der Waals surface area contributed by atoms with Gasteiger partial charge in [-0.3, -0.25) is 0 Å². The number of carbonyl (C=O) groups is 1. The summed E-state index contributed by atoms with van der Waals surface area (Å²) in [6.07, 6.45) is 2.92. The molecule has 1 aromatic rings. The summed E-state index contributed by atoms with van der Waals surface area (Å²) in [6.45, 7) is 6.68. The standard InChI is InChI=1S/C18H28N2O4/c1-4-5-10-24-17-8-7-15(22-3)12-16(17)19-18(21)20-9-6-11-23-14(2)13-20/h7-8,12,14H,4-6,9-11,13H2,1-3H3,(H,19,21)/t14-/m0/s1. The Hall–Kier alpha value is -1.95. The smallest absolute Gasteiger partial charge is 0.322 e. The highest BCUT2D eigenvalue weighted by Gasteiger charge is 2.21. The number of benzene rings is 1. The first-order valence-corrected chi connectivity index (χ1v) is 8.62. The van der Waals surface area contributed by atoms with Crippen molar-refractivity contribution in [2.75, 3.05) is 38.7 Å². The van der Waals surface area contributed by atoms with Crippen molar-refractivity contribution in [3.05, 3.63) is 18.2 Å². The van der Waals surface area contributed by atoms with Gasteiger partial charge in [-0.1, -0.05) is 13.3 Å². The monoisotopic (exact) mass is 336 g/mol. The van der Waals surface area contributed by atoms with Crippen LogP contribution in [0.25, 0.3) is 0 Å². The van der Waals surface area contributed by atoms with Crippen LogP contribution in [0.4, 0.5) is 10.5 Å². The molecule has 1 aromatic carbocycles. The molecule has 2 amide bonds. The SMILES string of the molecule is CCCCOc1ccc(OC)cc1NC(=O)N1CCCO[C@@H](C)C1. The molecular formula is C18H28N2O4. The topological polar surface area (TPSA) is 60.0 Å². The number of methoxy groups -OCH3 is 1. The number of ether oxygens (including phenoxy) is 3. The van der Waals surface area contributed by atoms with Crippen LogP contribution < -0.4 is 14.8 Å². The number of hydrogen-bond acceptors (Lipinski definition) is 4. The Morgan fingerprint density at radius 2 is 2.29 bits per heavy atom. The zero-order chi connectivity index (χ0) is 17.4. The molecule has 6 heteroatoms. The van der Waals surface area contributed by atoms with Crippen molar-refractivity contribution >= 4 is 11.7 Å². The molecule has 6 nitrogen and oxygen atoms in total. The Labute approximate surface area is 144 Å². The highest BCUT2D eigenvalue weighted by molar-refractivity contribution is 5.91. The van der Waals surface area contributed by atoms with Crippen LogP contribution in [0, 0.1) is 0 Å². The molecule has 24 heavy (non-hydrogen) atoms. The van der Waals surface area contributed by atoms with Crippen molar-refractivity contribution in [2.24, 2.45) is 0 Å². The largest absolute Gasteiger partial charge is 0.497 e. The van der Waals surface area contributed by atoms with Crippen molar-refractivity contribution in [3.8, 4) is 11.5 Å². The summed E-state index contributed by atoms with van der Waals surface area (Å²) in [6, 6.07) is 5.31. The number of nitrogens with one attached hydrogen (secondary N) is 1. The highest BCUT2D eigenvalue weighted by Crippen LogP contribution is 2.30. The summed E-state index contributed by atoms with van der Waals surface area (Å²) in [5.41, 5.74) is 0.633. The van der Waals surface area contributed by atoms with Gasteiger partial charge in [-0.2, -0.15) is 0 Å². The van der Waals surface area contributed by atoms with Crippen LogP contribution in [0.15, 0.2) is 18.2 Å². The predicted molar refractivity (Wildman–Crippen MR) is 94.0 cm³/mol. The lowest BCUT2D eigenvalue weighted by atomic mass is 10.2. The van der Waals surface area contributed by atoms with Crippen LogP contribution in [0.1, 0.15) is 33.1 Å². The van der Waals surface area contributed by atoms with Gasteiger partial charge in [0.15, 0.2) is 0 Å². The minimum atomic E-state index is -0.138. The van der Waals surface area contributed by atoms with Crippen LogP contribution in [0.5, 0.6) is 11.5 Å². The Kier molecular flexibility index (Phi) is 7.18. The maximum Gasteiger partial charge on any atom is 0.322 e. The third kappa shape index (κ3) is 5.30. The Morgan fingerprint density at radius 3 is 3.04 bits per heavy atom. The molecule has 0 bridgehead atoms. The average Bonchev–Trinajstić information content (AvgIpc) is 2.81. The van der Waals surface area contributed by atoms with Crippen molar-refractivity contribution in [1.29, 1.82) is 0 Å². The summed E-state index contributed by atoms with van der Waals surface area (Å²) < 4.78 is 16.6. The van der Waals surface area contributed by atoms with Crippen molar-refractivity contribution in [1.82, 2.24) is 4.90 Å². The molecule has 1 aliphatic heterocycles. The van der Waals surface area contributed by atoms with Gasteiger partial charge in [0.1, 0.15) is 11.5 Å². The molecule has 1 aliphatic rings. The zero-order valence-electron chi connectivity index (χ0n) is 14.8. The van der Waals surface area contributed by atoms with E-state index < -0.39 is 0 Å². The zero-order valence-corrected chi connectivity index (χ0v) is 14.8. The van der Waals surface area contributed by atoms with Gasteiger partial charge < -0.3 is 24.4 Å². The fourth-order valence-electron chi connectivity index (χ4n) is 2.56. The number of nitrogens with zero attached hydrogens (tertiary/aromatic N) is 1. The number of amides is 2. The average molecular weight is 336 g/mol. The molecule has 0 aliphatic carbocycles. The maximum atomic E-state index is 12.6. The van der Waals surface area contributed by atoms with Gasteiger partial charge in [0, 0.05) is 25.8 Å². The van der Waals surface area contributed by atoms with E-state index in [-0.39, 0.29) is 12.1 Å². The molecular weight excluding hydrogens is 308 g/mol. The van der Waals surface area contributed by atoms with Crippen LogP contribution >= 0.6 is 0 Å². The summed E-state index contributed by atoms with van der Waals surface area (Å²) in [4.78, 5) is 14.4. The number of urea groups is 1. The molecule has 0 radical (unpaired) electrons. The molecule has 0 spiro atoms. The second-order valence-electron chi connectivity index (χ2n) is 5.98. The van der Waals surface area contributed by atoms with E-state index in [9.17, 15) is 4.79 Å². The summed E-state index contributed by atoms with van der Waals surface area (Å²) in [7, 11) is 1.60. The van der Waals surface area contributed by atoms with Gasteiger partial charge in [-0.25, -0.2) is 4.79 Å². The van der Waals surface area contributed by atoms with Crippen molar-refractivity contribution in [3.63, 3.8) is 0 Å². The molecule has 1 N–H and O–H groups in total. The van der Waals surface area contributed by atoms with Gasteiger partial charge in [0.2, 0.25) is 0 Å². The number of unbranched alkanes of at least 4 members (excludes halogenated alkanes) is 1. The van der Waals surface area contributed by atoms with E-state index in [0.717, 1.165) is 19.3 Å². The van der Waals surface area contributed by atoms with Gasteiger partial charge in [0.25, 0.3) is 0 Å². The number of anilines is 1. The van der Waals surface area contributed by atoms with E-state index in [0.29, 0.717) is 43.5 Å². The molecule has 0 saturated carbocycles. The van der Waals surface area contributed by atoms with E-state index in [1.165, 1.54) is 0 Å². The lowest BCUT2D eigenvalue weighted by Gasteiger charge is -2.23. The van der Waals surface area contributed by atoms with Crippen LogP contribution in [0.2, 0.25) is 0 Å². The Balaban J connectivity index is 2.08. The van der Waals surface area contributed by atoms with Crippen LogP contribution in [-0.4, -0.2) is 50.4 Å². The molecule has 134 valence electrons. The second-order valence-corrected chi connectivity index (χ2v) is 5.98. The second kappa shape index (κ2) is 9.37. The quantitative estimate of drug-likeness (QED) is 0.808. The maximum absolute atomic E-state index is 12.6. The van der Waals surface area contributed by atoms with E-state index in [2.05, 4.69) is 12.2 Å². The molecule has 0 unspecified atom stereocenters. The predicted octanol–water partition coefficient (Wildman–Crippen LogP) is 3.52. The summed E-state index contributed by atoms with van der Waals surface area (Å²) >= 11 is 0. The molecule has 1 saturated heterocycles. The summed E-state index contributed by atoms with van der Waals surface area (Å²) in [5, 5.41) is 2.96. The van der Waals surface area contributed by atoms with E-state index in [1.54, 1.807) is 18.1 Å². The molecule has 1 atom stereocenters. The lowest BCUT2D eigenvalue weighted by molar-refractivity contribution is 0.0718. The van der Waals surface area contributed by atoms with Crippen LogP contribution in [0.3, 0.4) is 0 Å². The first-order valence-electron chi connectivity index (χ1n) is 8.62. The third-order valence-electron chi connectivity index (χ3n) is 3.92. The van der Waals surface area contributed by atoms with Gasteiger partial charge in [-0.05, 0) is 31.9 Å². The third-order valence-corrected chi connectivity index (χ3v) is 3.92. The lowest BCUT2D eigenvalue weighted by Crippen LogP contribution is -2.39. The molecule has 2 rings (SSSR count). The van der Waals surface area contributed by atoms with Crippen LogP contribution in [-0.2, 0) is 4.74 Å². The van der Waals surface area contributed by atoms with E-state index in [4.69, 9.17) is 14.2 Å². The fraction of sp³-hybridized carbons (Fsp3) is 0.611. The number of rotatable bonds is 6. The highest BCUT2D eigenvalue weighted by atomic mass is 16.5. The van der Waals surface area contributed by atoms with Crippen molar-refractivity contribution < 1.29 is 19.0 Å². The fourth-order valence-corrected chi connectivity index (χ4v) is 2.56. The normalized spacial score (nSPS) is 18.0. The minimum absolute atomic E-state index is 0.0452. The van der Waals surface area contributed by atoms with Gasteiger partial charge in [-0.15, -0.1) is 0 Å². The van der Waals surface area contributed by atoms with Crippen molar-refractivity contribution in [2.45, 2.75) is 39.2 Å². The molecule has 0 aromatic heterocycles. The first kappa shape index (κ1) is 18.4. The van der Waals surface area contributed by atoms with E-state index >= 15 is 0 Å². The van der Waals surface area contributed by atoms with Gasteiger partial charge >= 0.3 is 6.03 Å². The number of hydrogen-bond donors (Lipinski definition) is 1. The molecule has 1 fully saturated rings. The van der Waals surface area contributed by atoms with Gasteiger partial charge in [0.05, 0.1) is 25.5 Å². The number of carbonyl (C=O) groups excluding carboxylic acids is 1. The molecule has 1 heterocycles. The van der Waals surface area contributed by atoms with E-state index in [1.807, 2.05) is 19.1 Å². The minimum Gasteiger partial charge on any atom is -0.497 e. The Morgan fingerprint density at radius 1 is 1.46 bits per heavy atom. The first-order chi connectivity index (χ1) is 11.6.